The molecular formula is C36H52O5. The van der Waals surface area contributed by atoms with Crippen LogP contribution in [0.2, 0.25) is 0 Å². The first-order valence-corrected chi connectivity index (χ1v) is 16.9. The third-order valence-corrected chi connectivity index (χ3v) is 16.4. The summed E-state index contributed by atoms with van der Waals surface area (Å²) in [4.78, 5) is 12.6. The number of hydrogen-bond donors (Lipinski definition) is 3. The van der Waals surface area contributed by atoms with Gasteiger partial charge in [-0.2, -0.15) is 0 Å². The summed E-state index contributed by atoms with van der Waals surface area (Å²) in [5.41, 5.74) is -1.69. The van der Waals surface area contributed by atoms with Gasteiger partial charge >= 0.3 is 5.97 Å². The molecule has 5 saturated carbocycles. The first kappa shape index (κ1) is 27.4. The van der Waals surface area contributed by atoms with Crippen molar-refractivity contribution in [2.45, 2.75) is 129 Å². The molecule has 3 N–H and O–H groups in total. The predicted octanol–water partition coefficient (Wildman–Crippen LogP) is 7.02. The van der Waals surface area contributed by atoms with Crippen LogP contribution in [-0.2, 0) is 9.53 Å². The van der Waals surface area contributed by atoms with Crippen molar-refractivity contribution in [2.24, 2.45) is 55.7 Å². The van der Waals surface area contributed by atoms with Crippen LogP contribution in [0, 0.1) is 55.7 Å². The molecule has 5 nitrogen and oxygen atoms in total. The highest BCUT2D eigenvalue weighted by Gasteiger charge is 2.84. The normalized spacial score (nSPS) is 61.4. The molecule has 7 aliphatic carbocycles. The number of carboxylic acid groups (broad SMARTS) is 1. The van der Waals surface area contributed by atoms with Crippen LogP contribution in [0.3, 0.4) is 0 Å². The van der Waals surface area contributed by atoms with E-state index in [2.05, 4.69) is 45.1 Å². The Bertz CT molecular complexity index is 1260. The third-order valence-electron chi connectivity index (χ3n) is 16.4. The smallest absolute Gasteiger partial charge is 0.309 e. The maximum Gasteiger partial charge on any atom is 0.309 e. The highest BCUT2D eigenvalue weighted by atomic mass is 16.6. The average Bonchev–Trinajstić information content (AvgIpc) is 3.10. The Morgan fingerprint density at radius 1 is 0.902 bits per heavy atom. The van der Waals surface area contributed by atoms with Crippen LogP contribution in [0.5, 0.6) is 0 Å². The summed E-state index contributed by atoms with van der Waals surface area (Å²) in [6, 6.07) is 0. The van der Waals surface area contributed by atoms with Gasteiger partial charge in [-0.05, 0) is 112 Å². The van der Waals surface area contributed by atoms with Gasteiger partial charge in [0.1, 0.15) is 0 Å². The van der Waals surface area contributed by atoms with Gasteiger partial charge in [0.05, 0.1) is 17.6 Å². The van der Waals surface area contributed by atoms with Gasteiger partial charge in [0.25, 0.3) is 0 Å². The maximum absolute atomic E-state index is 12.7. The second-order valence-electron chi connectivity index (χ2n) is 17.4. The molecule has 3 spiro atoms. The summed E-state index contributed by atoms with van der Waals surface area (Å²) in [5.74, 6) is -1.31. The van der Waals surface area contributed by atoms with Crippen LogP contribution >= 0.6 is 0 Å². The quantitative estimate of drug-likeness (QED) is 0.321. The predicted molar refractivity (Wildman–Crippen MR) is 157 cm³/mol. The molecule has 1 heterocycles. The summed E-state index contributed by atoms with van der Waals surface area (Å²) >= 11 is 0. The van der Waals surface area contributed by atoms with Crippen LogP contribution in [-0.4, -0.2) is 39.3 Å². The van der Waals surface area contributed by atoms with Gasteiger partial charge in [0.2, 0.25) is 0 Å². The standard InChI is InChI=1S/C36H52O5/c1-5-8-24-31-17-20-35-12-7-9-32(25-21-29(3,27(37)38)14-13-28(25,2)15-16-30(32,35)4)18-19-33(35)10-6-11-34(39,26(31)33)22-36(24,40)41-23-31/h6-7,11-12,24-26,39-40H,5,8-10,13-23H2,1-4H3,(H,37,38). The Morgan fingerprint density at radius 3 is 2.37 bits per heavy atom. The molecule has 41 heavy (non-hydrogen) atoms. The lowest BCUT2D eigenvalue weighted by molar-refractivity contribution is -0.336. The third kappa shape index (κ3) is 2.73. The molecule has 226 valence electrons. The second kappa shape index (κ2) is 7.72. The Hall–Kier alpha value is -1.17. The SMILES string of the molecule is CCCC1C2(O)CC3(O)C=CCC45CCC67CC=CC4(CCC1(CO2)C35)C6(C)CCC1(C)CCC(C)(C(=O)O)CC17. The van der Waals surface area contributed by atoms with E-state index in [4.69, 9.17) is 4.74 Å². The van der Waals surface area contributed by atoms with Gasteiger partial charge in [0.15, 0.2) is 5.79 Å². The molecule has 5 heteroatoms. The first-order chi connectivity index (χ1) is 19.2. The van der Waals surface area contributed by atoms with Crippen molar-refractivity contribution < 1.29 is 24.9 Å². The molecule has 0 aromatic rings. The molecule has 12 unspecified atom stereocenters. The molecule has 12 atom stereocenters. The fourth-order valence-electron chi connectivity index (χ4n) is 14.8. The maximum atomic E-state index is 12.7. The minimum absolute atomic E-state index is 0.0433. The van der Waals surface area contributed by atoms with Crippen molar-refractivity contribution in [1.29, 1.82) is 0 Å². The van der Waals surface area contributed by atoms with Crippen LogP contribution in [0.4, 0.5) is 0 Å². The minimum atomic E-state index is -1.24. The summed E-state index contributed by atoms with van der Waals surface area (Å²) in [7, 11) is 0. The van der Waals surface area contributed by atoms with E-state index in [1.165, 1.54) is 12.8 Å². The second-order valence-corrected chi connectivity index (χ2v) is 17.4. The van der Waals surface area contributed by atoms with Crippen molar-refractivity contribution >= 4 is 5.97 Å². The number of fused-ring (bicyclic) bond motifs is 2. The number of carboxylic acids is 1. The van der Waals surface area contributed by atoms with Crippen molar-refractivity contribution in [3.05, 3.63) is 24.3 Å². The topological polar surface area (TPSA) is 87.0 Å². The van der Waals surface area contributed by atoms with E-state index in [-0.39, 0.29) is 50.7 Å². The Balaban J connectivity index is 1.31. The van der Waals surface area contributed by atoms with E-state index < -0.39 is 22.8 Å². The highest BCUT2D eigenvalue weighted by molar-refractivity contribution is 5.74. The van der Waals surface area contributed by atoms with E-state index in [1.807, 2.05) is 6.92 Å². The van der Waals surface area contributed by atoms with Crippen LogP contribution < -0.4 is 0 Å². The van der Waals surface area contributed by atoms with Gasteiger partial charge < -0.3 is 20.1 Å². The zero-order valence-electron chi connectivity index (χ0n) is 25.8. The summed E-state index contributed by atoms with van der Waals surface area (Å²) in [6.07, 6.45) is 23.0. The number of ether oxygens (including phenoxy) is 1. The van der Waals surface area contributed by atoms with Gasteiger partial charge in [0, 0.05) is 29.1 Å². The molecule has 6 fully saturated rings. The van der Waals surface area contributed by atoms with E-state index >= 15 is 0 Å². The molecule has 1 saturated heterocycles. The fraction of sp³-hybridized carbons (Fsp3) is 0.861. The van der Waals surface area contributed by atoms with Crippen molar-refractivity contribution in [2.75, 3.05) is 6.61 Å². The molecule has 0 amide bonds. The first-order valence-electron chi connectivity index (χ1n) is 16.9. The monoisotopic (exact) mass is 564 g/mol. The zero-order valence-corrected chi connectivity index (χ0v) is 25.8. The molecule has 0 aromatic heterocycles. The van der Waals surface area contributed by atoms with Gasteiger partial charge in [-0.25, -0.2) is 0 Å². The lowest BCUT2D eigenvalue weighted by Crippen LogP contribution is -2.78. The highest BCUT2D eigenvalue weighted by Crippen LogP contribution is 2.87. The minimum Gasteiger partial charge on any atom is -0.481 e. The van der Waals surface area contributed by atoms with E-state index in [9.17, 15) is 20.1 Å². The number of carbonyl (C=O) groups is 1. The summed E-state index contributed by atoms with van der Waals surface area (Å²) in [6.45, 7) is 9.91. The number of aliphatic hydroxyl groups is 2. The molecule has 4 bridgehead atoms. The Labute approximate surface area is 246 Å². The van der Waals surface area contributed by atoms with Crippen molar-refractivity contribution in [3.8, 4) is 0 Å². The molecule has 8 aliphatic rings. The molecule has 8 rings (SSSR count). The fourth-order valence-corrected chi connectivity index (χ4v) is 14.8. The molecular weight excluding hydrogens is 512 g/mol. The lowest BCUT2D eigenvalue weighted by Gasteiger charge is -2.82. The Morgan fingerprint density at radius 2 is 1.61 bits per heavy atom. The number of hydrogen-bond acceptors (Lipinski definition) is 4. The number of aliphatic carboxylic acids is 1. The van der Waals surface area contributed by atoms with Crippen molar-refractivity contribution in [1.82, 2.24) is 0 Å². The molecule has 0 radical (unpaired) electrons. The largest absolute Gasteiger partial charge is 0.481 e. The molecule has 0 aromatic carbocycles. The summed E-state index contributed by atoms with van der Waals surface area (Å²) in [5, 5.41) is 35.0. The zero-order chi connectivity index (χ0) is 29.0. The molecule has 1 aliphatic heterocycles. The average molecular weight is 565 g/mol. The van der Waals surface area contributed by atoms with Crippen LogP contribution in [0.25, 0.3) is 0 Å². The van der Waals surface area contributed by atoms with Crippen molar-refractivity contribution in [3.63, 3.8) is 0 Å². The van der Waals surface area contributed by atoms with E-state index in [0.29, 0.717) is 12.5 Å². The van der Waals surface area contributed by atoms with Gasteiger partial charge in [-0.15, -0.1) is 0 Å². The van der Waals surface area contributed by atoms with Gasteiger partial charge in [-0.1, -0.05) is 51.5 Å². The van der Waals surface area contributed by atoms with E-state index in [0.717, 1.165) is 70.6 Å². The van der Waals surface area contributed by atoms with Crippen LogP contribution in [0.15, 0.2) is 24.3 Å². The van der Waals surface area contributed by atoms with E-state index in [1.54, 1.807) is 0 Å². The Kier molecular flexibility index (Phi) is 5.16. The lowest BCUT2D eigenvalue weighted by atomic mass is 9.22. The summed E-state index contributed by atoms with van der Waals surface area (Å²) < 4.78 is 6.39. The number of rotatable bonds is 3. The van der Waals surface area contributed by atoms with Crippen LogP contribution in [0.1, 0.15) is 118 Å². The number of allylic oxidation sites excluding steroid dienone is 3. The van der Waals surface area contributed by atoms with Gasteiger partial charge in [-0.3, -0.25) is 4.79 Å².